The van der Waals surface area contributed by atoms with E-state index in [1.54, 1.807) is 0 Å². The van der Waals surface area contributed by atoms with Crippen molar-refractivity contribution < 1.29 is 0 Å². The van der Waals surface area contributed by atoms with E-state index < -0.39 is 0 Å². The minimum absolute atomic E-state index is 1.07. The molecule has 0 aliphatic heterocycles. The molecule has 0 nitrogen and oxygen atoms in total. The average molecular weight is 612 g/mol. The van der Waals surface area contributed by atoms with Gasteiger partial charge in [0.1, 0.15) is 0 Å². The Morgan fingerprint density at radius 2 is 0.581 bits per heavy atom. The van der Waals surface area contributed by atoms with Crippen molar-refractivity contribution in [3.05, 3.63) is 168 Å². The van der Waals surface area contributed by atoms with E-state index in [2.05, 4.69) is 180 Å². The Kier molecular flexibility index (Phi) is 6.39. The Labute approximate surface area is 260 Å². The molecule has 8 aromatic rings. The van der Waals surface area contributed by atoms with E-state index in [-0.39, 0.29) is 0 Å². The summed E-state index contributed by atoms with van der Waals surface area (Å²) in [6.45, 7) is 0. The van der Waals surface area contributed by atoms with E-state index in [1.807, 2.05) is 0 Å². The highest BCUT2D eigenvalue weighted by Crippen LogP contribution is 2.53. The van der Waals surface area contributed by atoms with Gasteiger partial charge in [0.05, 0.1) is 0 Å². The van der Waals surface area contributed by atoms with E-state index in [4.69, 9.17) is 0 Å². The van der Waals surface area contributed by atoms with Gasteiger partial charge in [0.2, 0.25) is 0 Å². The molecule has 43 heavy (non-hydrogen) atoms. The topological polar surface area (TPSA) is 0 Å². The molecular formula is C42H27Br. The van der Waals surface area contributed by atoms with Gasteiger partial charge in [-0.15, -0.1) is 0 Å². The molecule has 0 aliphatic rings. The maximum atomic E-state index is 3.79. The van der Waals surface area contributed by atoms with Gasteiger partial charge >= 0.3 is 0 Å². The Hall–Kier alpha value is -4.98. The molecule has 0 spiro atoms. The summed E-state index contributed by atoms with van der Waals surface area (Å²) in [4.78, 5) is 0. The summed E-state index contributed by atoms with van der Waals surface area (Å²) in [5.41, 5.74) is 9.91. The lowest BCUT2D eigenvalue weighted by Gasteiger charge is -2.25. The van der Waals surface area contributed by atoms with Crippen molar-refractivity contribution in [2.75, 3.05) is 0 Å². The van der Waals surface area contributed by atoms with E-state index in [0.717, 1.165) is 4.47 Å². The van der Waals surface area contributed by atoms with Crippen LogP contribution in [-0.4, -0.2) is 0 Å². The van der Waals surface area contributed by atoms with Crippen LogP contribution in [0.1, 0.15) is 0 Å². The third kappa shape index (κ3) is 4.28. The number of fused-ring (bicyclic) bond motifs is 3. The average Bonchev–Trinajstić information content (AvgIpc) is 3.07. The Bertz CT molecular complexity index is 2220. The molecule has 0 bridgehead atoms. The molecular weight excluding hydrogens is 584 g/mol. The van der Waals surface area contributed by atoms with Gasteiger partial charge in [-0.2, -0.15) is 0 Å². The fourth-order valence-electron chi connectivity index (χ4n) is 6.78. The molecule has 0 saturated carbocycles. The highest BCUT2D eigenvalue weighted by atomic mass is 79.9. The maximum Gasteiger partial charge on any atom is 0.0181 e. The number of hydrogen-bond acceptors (Lipinski definition) is 0. The van der Waals surface area contributed by atoms with Crippen molar-refractivity contribution >= 4 is 48.2 Å². The van der Waals surface area contributed by atoms with Gasteiger partial charge in [0.15, 0.2) is 0 Å². The van der Waals surface area contributed by atoms with Crippen LogP contribution in [0.25, 0.3) is 76.8 Å². The normalized spacial score (nSPS) is 11.4. The van der Waals surface area contributed by atoms with Crippen LogP contribution in [0.15, 0.2) is 168 Å². The first-order valence-corrected chi connectivity index (χ1v) is 15.4. The van der Waals surface area contributed by atoms with Crippen molar-refractivity contribution in [2.24, 2.45) is 0 Å². The maximum absolute atomic E-state index is 3.79. The Morgan fingerprint density at radius 1 is 0.279 bits per heavy atom. The highest BCUT2D eigenvalue weighted by molar-refractivity contribution is 9.10. The molecule has 0 N–H and O–H groups in total. The van der Waals surface area contributed by atoms with E-state index in [1.165, 1.54) is 76.8 Å². The van der Waals surface area contributed by atoms with Crippen LogP contribution in [0, 0.1) is 0 Å². The number of hydrogen-bond donors (Lipinski definition) is 0. The monoisotopic (exact) mass is 610 g/mol. The second kappa shape index (κ2) is 10.7. The van der Waals surface area contributed by atoms with Crippen molar-refractivity contribution in [2.45, 2.75) is 0 Å². The van der Waals surface area contributed by atoms with Crippen molar-refractivity contribution in [3.8, 4) is 44.5 Å². The molecule has 8 rings (SSSR count). The van der Waals surface area contributed by atoms with Gasteiger partial charge in [0.25, 0.3) is 0 Å². The van der Waals surface area contributed by atoms with Crippen LogP contribution >= 0.6 is 15.9 Å². The summed E-state index contributed by atoms with van der Waals surface area (Å²) < 4.78 is 1.07. The smallest absolute Gasteiger partial charge is 0.0181 e. The zero-order valence-corrected chi connectivity index (χ0v) is 25.1. The molecule has 0 saturated heterocycles. The van der Waals surface area contributed by atoms with Crippen LogP contribution in [0.2, 0.25) is 0 Å². The molecule has 0 fully saturated rings. The van der Waals surface area contributed by atoms with Crippen LogP contribution in [0.5, 0.6) is 0 Å². The first-order chi connectivity index (χ1) is 21.3. The first kappa shape index (κ1) is 25.7. The lowest BCUT2D eigenvalue weighted by Crippen LogP contribution is -1.97. The zero-order chi connectivity index (χ0) is 28.8. The summed E-state index contributed by atoms with van der Waals surface area (Å²) in [6.07, 6.45) is 0. The SMILES string of the molecule is Brc1cccc(-c2c3ccccc3c(-c3ccccc3)c3c(-c4ccccc4)c4ccccc4c(-c4ccccc4)c23)c1. The number of benzene rings is 8. The zero-order valence-electron chi connectivity index (χ0n) is 23.5. The molecule has 202 valence electrons. The molecule has 0 aromatic heterocycles. The predicted molar refractivity (Wildman–Crippen MR) is 188 cm³/mol. The lowest BCUT2D eigenvalue weighted by atomic mass is 9.77. The van der Waals surface area contributed by atoms with Gasteiger partial charge in [0, 0.05) is 4.47 Å². The molecule has 8 aromatic carbocycles. The summed E-state index contributed by atoms with van der Waals surface area (Å²) >= 11 is 3.79. The second-order valence-electron chi connectivity index (χ2n) is 10.9. The van der Waals surface area contributed by atoms with Crippen molar-refractivity contribution in [1.29, 1.82) is 0 Å². The summed E-state index contributed by atoms with van der Waals surface area (Å²) in [7, 11) is 0. The largest absolute Gasteiger partial charge is 0.0622 e. The summed E-state index contributed by atoms with van der Waals surface area (Å²) in [5.74, 6) is 0. The summed E-state index contributed by atoms with van der Waals surface area (Å²) in [6, 6.07) is 59.4. The minimum atomic E-state index is 1.07. The fraction of sp³-hybridized carbons (Fsp3) is 0. The van der Waals surface area contributed by atoms with E-state index in [0.29, 0.717) is 0 Å². The Morgan fingerprint density at radius 3 is 0.930 bits per heavy atom. The minimum Gasteiger partial charge on any atom is -0.0622 e. The van der Waals surface area contributed by atoms with Crippen LogP contribution in [0.3, 0.4) is 0 Å². The lowest BCUT2D eigenvalue weighted by molar-refractivity contribution is 1.61. The Balaban J connectivity index is 1.77. The molecule has 0 radical (unpaired) electrons. The van der Waals surface area contributed by atoms with Crippen LogP contribution in [-0.2, 0) is 0 Å². The van der Waals surface area contributed by atoms with E-state index in [9.17, 15) is 0 Å². The van der Waals surface area contributed by atoms with Gasteiger partial charge < -0.3 is 0 Å². The van der Waals surface area contributed by atoms with Crippen LogP contribution < -0.4 is 0 Å². The quantitative estimate of drug-likeness (QED) is 0.174. The molecule has 0 amide bonds. The standard InChI is InChI=1S/C42H27Br/c43-32-22-14-21-31(27-32)40-36-26-13-12-25-35(36)38(29-17-6-2-7-18-29)41-37(28-15-4-1-5-16-28)33-23-10-11-24-34(33)39(42(40)41)30-19-8-3-9-20-30/h1-27H. The summed E-state index contributed by atoms with van der Waals surface area (Å²) in [5, 5.41) is 7.57. The van der Waals surface area contributed by atoms with Gasteiger partial charge in [-0.1, -0.05) is 168 Å². The predicted octanol–water partition coefficient (Wildman–Crippen LogP) is 12.6. The van der Waals surface area contributed by atoms with Crippen LogP contribution in [0.4, 0.5) is 0 Å². The molecule has 0 aliphatic carbocycles. The first-order valence-electron chi connectivity index (χ1n) is 14.6. The van der Waals surface area contributed by atoms with Gasteiger partial charge in [-0.05, 0) is 89.0 Å². The molecule has 1 heteroatoms. The third-order valence-electron chi connectivity index (χ3n) is 8.48. The van der Waals surface area contributed by atoms with Crippen molar-refractivity contribution in [1.82, 2.24) is 0 Å². The number of halogens is 1. The second-order valence-corrected chi connectivity index (χ2v) is 11.9. The van der Waals surface area contributed by atoms with E-state index >= 15 is 0 Å². The number of rotatable bonds is 4. The van der Waals surface area contributed by atoms with Gasteiger partial charge in [-0.3, -0.25) is 0 Å². The fourth-order valence-corrected chi connectivity index (χ4v) is 7.18. The molecule has 0 unspecified atom stereocenters. The third-order valence-corrected chi connectivity index (χ3v) is 8.98. The molecule has 0 atom stereocenters. The van der Waals surface area contributed by atoms with Crippen molar-refractivity contribution in [3.63, 3.8) is 0 Å². The molecule has 0 heterocycles. The van der Waals surface area contributed by atoms with Gasteiger partial charge in [-0.25, -0.2) is 0 Å². The highest BCUT2D eigenvalue weighted by Gasteiger charge is 2.25.